The van der Waals surface area contributed by atoms with Gasteiger partial charge in [-0.1, -0.05) is 0 Å². The lowest BCUT2D eigenvalue weighted by molar-refractivity contribution is -0.172. The van der Waals surface area contributed by atoms with Gasteiger partial charge in [0.15, 0.2) is 0 Å². The Labute approximate surface area is 107 Å². The number of methoxy groups -OCH3 is 1. The lowest BCUT2D eigenvalue weighted by Crippen LogP contribution is -2.20. The second-order valence-electron chi connectivity index (χ2n) is 3.49. The van der Waals surface area contributed by atoms with Gasteiger partial charge in [0.2, 0.25) is 0 Å². The van der Waals surface area contributed by atoms with Crippen LogP contribution in [0.5, 0.6) is 0 Å². The summed E-state index contributed by atoms with van der Waals surface area (Å²) in [7, 11) is 1.23. The summed E-state index contributed by atoms with van der Waals surface area (Å²) in [4.78, 5) is 15.3. The monoisotopic (exact) mass is 278 g/mol. The van der Waals surface area contributed by atoms with Crippen LogP contribution in [0.1, 0.15) is 10.4 Å². The average Bonchev–Trinajstić information content (AvgIpc) is 2.36. The maximum absolute atomic E-state index is 11.8. The van der Waals surface area contributed by atoms with Crippen molar-refractivity contribution in [1.29, 1.82) is 0 Å². The van der Waals surface area contributed by atoms with Crippen molar-refractivity contribution < 1.29 is 27.4 Å². The zero-order valence-corrected chi connectivity index (χ0v) is 10.2. The smallest absolute Gasteiger partial charge is 0.411 e. The number of halogens is 3. The Hall–Kier alpha value is -1.83. The van der Waals surface area contributed by atoms with Gasteiger partial charge in [0.05, 0.1) is 13.7 Å². The van der Waals surface area contributed by atoms with Crippen LogP contribution in [0.3, 0.4) is 0 Å². The van der Waals surface area contributed by atoms with Gasteiger partial charge in [-0.05, 0) is 12.1 Å². The zero-order chi connectivity index (χ0) is 14.3. The molecule has 0 radical (unpaired) electrons. The molecule has 5 nitrogen and oxygen atoms in total. The number of alkyl halides is 3. The van der Waals surface area contributed by atoms with Gasteiger partial charge in [-0.3, -0.25) is 0 Å². The van der Waals surface area contributed by atoms with E-state index in [1.807, 2.05) is 0 Å². The van der Waals surface area contributed by atoms with Crippen molar-refractivity contribution in [2.75, 3.05) is 32.2 Å². The van der Waals surface area contributed by atoms with Crippen LogP contribution in [0, 0.1) is 0 Å². The van der Waals surface area contributed by atoms with E-state index in [4.69, 9.17) is 0 Å². The first-order chi connectivity index (χ1) is 8.94. The van der Waals surface area contributed by atoms with Crippen molar-refractivity contribution in [3.8, 4) is 0 Å². The fourth-order valence-electron chi connectivity index (χ4n) is 1.25. The van der Waals surface area contributed by atoms with E-state index < -0.39 is 18.8 Å². The van der Waals surface area contributed by atoms with E-state index >= 15 is 0 Å². The predicted molar refractivity (Wildman–Crippen MR) is 60.9 cm³/mol. The van der Waals surface area contributed by atoms with Gasteiger partial charge in [0.1, 0.15) is 18.0 Å². The van der Waals surface area contributed by atoms with Crippen LogP contribution in [-0.4, -0.2) is 44.0 Å². The van der Waals surface area contributed by atoms with Crippen LogP contribution in [0.15, 0.2) is 18.3 Å². The molecule has 0 spiro atoms. The lowest BCUT2D eigenvalue weighted by atomic mass is 10.2. The Morgan fingerprint density at radius 1 is 1.47 bits per heavy atom. The highest BCUT2D eigenvalue weighted by molar-refractivity contribution is 5.94. The molecule has 8 heteroatoms. The van der Waals surface area contributed by atoms with Gasteiger partial charge in [-0.25, -0.2) is 9.78 Å². The summed E-state index contributed by atoms with van der Waals surface area (Å²) in [5, 5.41) is 2.71. The zero-order valence-electron chi connectivity index (χ0n) is 10.2. The molecule has 0 amide bonds. The number of anilines is 1. The largest absolute Gasteiger partial charge is 0.465 e. The molecule has 0 saturated carbocycles. The van der Waals surface area contributed by atoms with Crippen molar-refractivity contribution in [3.05, 3.63) is 23.9 Å². The first kappa shape index (κ1) is 15.2. The number of nitrogens with one attached hydrogen (secondary N) is 1. The summed E-state index contributed by atoms with van der Waals surface area (Å²) < 4.78 is 44.4. The molecule has 1 aromatic heterocycles. The second kappa shape index (κ2) is 6.93. The summed E-state index contributed by atoms with van der Waals surface area (Å²) >= 11 is 0. The molecule has 1 N–H and O–H groups in total. The summed E-state index contributed by atoms with van der Waals surface area (Å²) in [5.41, 5.74) is 0.209. The lowest BCUT2D eigenvalue weighted by Gasteiger charge is -2.10. The average molecular weight is 278 g/mol. The molecular formula is C11H13F3N2O3. The molecule has 0 aliphatic rings. The van der Waals surface area contributed by atoms with Crippen molar-refractivity contribution in [2.24, 2.45) is 0 Å². The highest BCUT2D eigenvalue weighted by Gasteiger charge is 2.27. The van der Waals surface area contributed by atoms with Crippen molar-refractivity contribution in [1.82, 2.24) is 4.98 Å². The van der Waals surface area contributed by atoms with Crippen molar-refractivity contribution >= 4 is 11.8 Å². The molecule has 0 bridgehead atoms. The van der Waals surface area contributed by atoms with E-state index in [2.05, 4.69) is 19.8 Å². The SMILES string of the molecule is COC(=O)c1cccnc1NCCOCC(F)(F)F. The van der Waals surface area contributed by atoms with Crippen LogP contribution in [0.25, 0.3) is 0 Å². The van der Waals surface area contributed by atoms with Crippen LogP contribution >= 0.6 is 0 Å². The highest BCUT2D eigenvalue weighted by Crippen LogP contribution is 2.14. The molecule has 0 aliphatic heterocycles. The second-order valence-corrected chi connectivity index (χ2v) is 3.49. The van der Waals surface area contributed by atoms with Gasteiger partial charge >= 0.3 is 12.1 Å². The van der Waals surface area contributed by atoms with Gasteiger partial charge in [-0.15, -0.1) is 0 Å². The first-order valence-electron chi connectivity index (χ1n) is 5.36. The molecular weight excluding hydrogens is 265 g/mol. The number of ether oxygens (including phenoxy) is 2. The van der Waals surface area contributed by atoms with E-state index in [0.717, 1.165) is 0 Å². The maximum Gasteiger partial charge on any atom is 0.411 e. The number of pyridine rings is 1. The van der Waals surface area contributed by atoms with E-state index in [1.165, 1.54) is 19.4 Å². The predicted octanol–water partition coefficient (Wildman–Crippen LogP) is 1.86. The third-order valence-corrected chi connectivity index (χ3v) is 2.02. The number of nitrogens with zero attached hydrogens (tertiary/aromatic N) is 1. The third-order valence-electron chi connectivity index (χ3n) is 2.02. The fraction of sp³-hybridized carbons (Fsp3) is 0.455. The summed E-state index contributed by atoms with van der Waals surface area (Å²) in [6, 6.07) is 3.05. The summed E-state index contributed by atoms with van der Waals surface area (Å²) in [6.07, 6.45) is -2.90. The van der Waals surface area contributed by atoms with Gasteiger partial charge in [0.25, 0.3) is 0 Å². The number of rotatable bonds is 6. The molecule has 106 valence electrons. The Kier molecular flexibility index (Phi) is 5.56. The Balaban J connectivity index is 2.43. The van der Waals surface area contributed by atoms with Gasteiger partial charge in [0, 0.05) is 12.7 Å². The van der Waals surface area contributed by atoms with E-state index in [0.29, 0.717) is 0 Å². The number of esters is 1. The molecule has 1 rings (SSSR count). The minimum Gasteiger partial charge on any atom is -0.465 e. The van der Waals surface area contributed by atoms with Crippen molar-refractivity contribution in [2.45, 2.75) is 6.18 Å². The van der Waals surface area contributed by atoms with Crippen LogP contribution in [-0.2, 0) is 9.47 Å². The topological polar surface area (TPSA) is 60.5 Å². The molecule has 0 aliphatic carbocycles. The number of aromatic nitrogens is 1. The third kappa shape index (κ3) is 5.56. The van der Waals surface area contributed by atoms with E-state index in [-0.39, 0.29) is 24.5 Å². The fourth-order valence-corrected chi connectivity index (χ4v) is 1.25. The Bertz CT molecular complexity index is 424. The quantitative estimate of drug-likeness (QED) is 0.635. The van der Waals surface area contributed by atoms with Crippen LogP contribution in [0.4, 0.5) is 19.0 Å². The molecule has 1 aromatic rings. The number of hydrogen-bond acceptors (Lipinski definition) is 5. The minimum atomic E-state index is -4.35. The molecule has 19 heavy (non-hydrogen) atoms. The molecule has 0 saturated heterocycles. The molecule has 0 unspecified atom stereocenters. The van der Waals surface area contributed by atoms with E-state index in [9.17, 15) is 18.0 Å². The summed E-state index contributed by atoms with van der Waals surface area (Å²) in [5.74, 6) is -0.336. The highest BCUT2D eigenvalue weighted by atomic mass is 19.4. The number of carbonyl (C=O) groups excluding carboxylic acids is 1. The number of hydrogen-bond donors (Lipinski definition) is 1. The first-order valence-corrected chi connectivity index (χ1v) is 5.36. The maximum atomic E-state index is 11.8. The molecule has 0 fully saturated rings. The molecule has 1 heterocycles. The Morgan fingerprint density at radius 2 is 2.21 bits per heavy atom. The van der Waals surface area contributed by atoms with Crippen LogP contribution in [0.2, 0.25) is 0 Å². The van der Waals surface area contributed by atoms with Crippen LogP contribution < -0.4 is 5.32 Å². The summed E-state index contributed by atoms with van der Waals surface area (Å²) in [6.45, 7) is -1.37. The van der Waals surface area contributed by atoms with Gasteiger partial charge < -0.3 is 14.8 Å². The minimum absolute atomic E-state index is 0.0943. The van der Waals surface area contributed by atoms with Crippen molar-refractivity contribution in [3.63, 3.8) is 0 Å². The molecule has 0 aromatic carbocycles. The number of carbonyl (C=O) groups is 1. The van der Waals surface area contributed by atoms with Gasteiger partial charge in [-0.2, -0.15) is 13.2 Å². The normalized spacial score (nSPS) is 11.2. The molecule has 0 atom stereocenters. The Morgan fingerprint density at radius 3 is 2.84 bits per heavy atom. The van der Waals surface area contributed by atoms with E-state index in [1.54, 1.807) is 6.07 Å². The standard InChI is InChI=1S/C11H13F3N2O3/c1-18-10(17)8-3-2-4-15-9(8)16-5-6-19-7-11(12,13)14/h2-4H,5-7H2,1H3,(H,15,16).